The Morgan fingerprint density at radius 3 is 2.57 bits per heavy atom. The maximum Gasteiger partial charge on any atom is 0.165 e. The van der Waals surface area contributed by atoms with Crippen LogP contribution in [0, 0.1) is 0 Å². The minimum absolute atomic E-state index is 0.416. The van der Waals surface area contributed by atoms with Gasteiger partial charge in [0.2, 0.25) is 0 Å². The molecule has 116 valence electrons. The lowest BCUT2D eigenvalue weighted by Gasteiger charge is -2.06. The number of unbranched alkanes of at least 4 members (excludes halogenated alkanes) is 1. The lowest BCUT2D eigenvalue weighted by Crippen LogP contribution is -2.08. The Balaban J connectivity index is 1.63. The van der Waals surface area contributed by atoms with Crippen molar-refractivity contribution in [1.29, 1.82) is 0 Å². The molecular weight excluding hydrogens is 270 g/mol. The predicted molar refractivity (Wildman–Crippen MR) is 80.9 cm³/mol. The van der Waals surface area contributed by atoms with E-state index in [-0.39, 0.29) is 0 Å². The molecule has 0 aliphatic carbocycles. The topological polar surface area (TPSA) is 88.1 Å². The second kappa shape index (κ2) is 8.53. The van der Waals surface area contributed by atoms with Gasteiger partial charge < -0.3 is 19.8 Å². The summed E-state index contributed by atoms with van der Waals surface area (Å²) in [5, 5.41) is 0. The summed E-state index contributed by atoms with van der Waals surface area (Å²) in [5.74, 6) is 0.416. The van der Waals surface area contributed by atoms with Gasteiger partial charge in [0.15, 0.2) is 11.5 Å². The Labute approximate surface area is 124 Å². The molecule has 0 aliphatic heterocycles. The summed E-state index contributed by atoms with van der Waals surface area (Å²) < 4.78 is 12.9. The molecule has 0 spiro atoms. The van der Waals surface area contributed by atoms with Crippen molar-refractivity contribution in [2.75, 3.05) is 32.2 Å². The van der Waals surface area contributed by atoms with Crippen LogP contribution >= 0.6 is 0 Å². The zero-order chi connectivity index (χ0) is 14.9. The molecule has 0 amide bonds. The third-order valence-corrected chi connectivity index (χ3v) is 3.13. The van der Waals surface area contributed by atoms with E-state index in [1.54, 1.807) is 6.33 Å². The summed E-state index contributed by atoms with van der Waals surface area (Å²) in [7, 11) is 0. The maximum atomic E-state index is 5.75. The first kappa shape index (κ1) is 15.7. The van der Waals surface area contributed by atoms with E-state index >= 15 is 0 Å². The molecule has 7 heteroatoms. The number of fused-ring (bicyclic) bond motifs is 1. The number of rotatable bonds is 10. The molecule has 0 bridgehead atoms. The molecule has 2 heterocycles. The van der Waals surface area contributed by atoms with Crippen LogP contribution in [-0.4, -0.2) is 45.9 Å². The maximum absolute atomic E-state index is 5.75. The smallest absolute Gasteiger partial charge is 0.165 e. The van der Waals surface area contributed by atoms with Crippen molar-refractivity contribution >= 4 is 17.0 Å². The van der Waals surface area contributed by atoms with Crippen LogP contribution < -0.4 is 5.73 Å². The van der Waals surface area contributed by atoms with Crippen molar-refractivity contribution in [1.82, 2.24) is 19.5 Å². The van der Waals surface area contributed by atoms with Gasteiger partial charge in [0.25, 0.3) is 0 Å². The standard InChI is InChI=1S/C14H23N5O2/c1-2-3-6-20-8-9-21-7-4-5-19-11-18-12-13(15)16-10-17-14(12)19/h10-11H,2-9H2,1H3,(H2,15,16,17). The number of nitrogens with two attached hydrogens (primary N) is 1. The fraction of sp³-hybridized carbons (Fsp3) is 0.643. The minimum Gasteiger partial charge on any atom is -0.382 e. The molecule has 0 atom stereocenters. The molecule has 2 aromatic heterocycles. The molecule has 2 N–H and O–H groups in total. The first-order valence-corrected chi connectivity index (χ1v) is 7.39. The molecule has 0 radical (unpaired) electrons. The van der Waals surface area contributed by atoms with Gasteiger partial charge in [0.1, 0.15) is 11.8 Å². The van der Waals surface area contributed by atoms with E-state index < -0.39 is 0 Å². The van der Waals surface area contributed by atoms with Gasteiger partial charge >= 0.3 is 0 Å². The summed E-state index contributed by atoms with van der Waals surface area (Å²) in [6, 6.07) is 0. The normalized spacial score (nSPS) is 11.3. The fourth-order valence-electron chi connectivity index (χ4n) is 1.97. The van der Waals surface area contributed by atoms with Crippen LogP contribution in [0.2, 0.25) is 0 Å². The molecule has 2 aromatic rings. The highest BCUT2D eigenvalue weighted by atomic mass is 16.5. The number of ether oxygens (including phenoxy) is 2. The number of nitrogens with zero attached hydrogens (tertiary/aromatic N) is 4. The van der Waals surface area contributed by atoms with Gasteiger partial charge in [-0.3, -0.25) is 0 Å². The van der Waals surface area contributed by atoms with Crippen molar-refractivity contribution < 1.29 is 9.47 Å². The van der Waals surface area contributed by atoms with Gasteiger partial charge in [-0.05, 0) is 12.8 Å². The van der Waals surface area contributed by atoms with Gasteiger partial charge in [0.05, 0.1) is 19.5 Å². The molecule has 0 saturated carbocycles. The minimum atomic E-state index is 0.416. The number of imidazole rings is 1. The summed E-state index contributed by atoms with van der Waals surface area (Å²) in [6.07, 6.45) is 6.36. The molecule has 7 nitrogen and oxygen atoms in total. The van der Waals surface area contributed by atoms with Gasteiger partial charge in [-0.1, -0.05) is 13.3 Å². The predicted octanol–water partition coefficient (Wildman–Crippen LogP) is 1.63. The quantitative estimate of drug-likeness (QED) is 0.670. The number of aromatic nitrogens is 4. The Morgan fingerprint density at radius 1 is 1.05 bits per heavy atom. The lowest BCUT2D eigenvalue weighted by molar-refractivity contribution is 0.0449. The van der Waals surface area contributed by atoms with Crippen LogP contribution in [0.15, 0.2) is 12.7 Å². The van der Waals surface area contributed by atoms with E-state index in [1.807, 2.05) is 4.57 Å². The van der Waals surface area contributed by atoms with E-state index in [0.717, 1.165) is 38.1 Å². The number of anilines is 1. The van der Waals surface area contributed by atoms with E-state index in [2.05, 4.69) is 21.9 Å². The summed E-state index contributed by atoms with van der Waals surface area (Å²) in [4.78, 5) is 12.4. The van der Waals surface area contributed by atoms with Crippen LogP contribution in [0.5, 0.6) is 0 Å². The average molecular weight is 293 g/mol. The van der Waals surface area contributed by atoms with E-state index in [0.29, 0.717) is 31.2 Å². The highest BCUT2D eigenvalue weighted by Gasteiger charge is 2.06. The van der Waals surface area contributed by atoms with Gasteiger partial charge in [-0.15, -0.1) is 0 Å². The SMILES string of the molecule is CCCCOCCOCCCn1cnc2c(N)ncnc21. The van der Waals surface area contributed by atoms with Crippen molar-refractivity contribution in [3.05, 3.63) is 12.7 Å². The number of aryl methyl sites for hydroxylation is 1. The third kappa shape index (κ3) is 4.64. The summed E-state index contributed by atoms with van der Waals surface area (Å²) in [5.41, 5.74) is 7.17. The molecule has 0 fully saturated rings. The van der Waals surface area contributed by atoms with Crippen LogP contribution in [-0.2, 0) is 16.0 Å². The average Bonchev–Trinajstić information content (AvgIpc) is 2.90. The van der Waals surface area contributed by atoms with E-state index in [1.165, 1.54) is 6.33 Å². The van der Waals surface area contributed by atoms with Gasteiger partial charge in [-0.25, -0.2) is 15.0 Å². The highest BCUT2D eigenvalue weighted by molar-refractivity contribution is 5.80. The monoisotopic (exact) mass is 293 g/mol. The van der Waals surface area contributed by atoms with E-state index in [4.69, 9.17) is 15.2 Å². The summed E-state index contributed by atoms with van der Waals surface area (Å²) in [6.45, 7) is 5.77. The molecule has 0 unspecified atom stereocenters. The number of hydrogen-bond donors (Lipinski definition) is 1. The van der Waals surface area contributed by atoms with Gasteiger partial charge in [0, 0.05) is 19.8 Å². The molecular formula is C14H23N5O2. The van der Waals surface area contributed by atoms with Crippen molar-refractivity contribution in [3.8, 4) is 0 Å². The number of hydrogen-bond acceptors (Lipinski definition) is 6. The Kier molecular flexibility index (Phi) is 6.36. The van der Waals surface area contributed by atoms with Crippen LogP contribution in [0.25, 0.3) is 11.2 Å². The first-order valence-electron chi connectivity index (χ1n) is 7.39. The fourth-order valence-corrected chi connectivity index (χ4v) is 1.97. The molecule has 0 aromatic carbocycles. The molecule has 21 heavy (non-hydrogen) atoms. The Hall–Kier alpha value is -1.73. The van der Waals surface area contributed by atoms with Crippen molar-refractivity contribution in [2.24, 2.45) is 0 Å². The van der Waals surface area contributed by atoms with Crippen molar-refractivity contribution in [2.45, 2.75) is 32.7 Å². The second-order valence-electron chi connectivity index (χ2n) is 4.80. The van der Waals surface area contributed by atoms with E-state index in [9.17, 15) is 0 Å². The second-order valence-corrected chi connectivity index (χ2v) is 4.80. The molecule has 2 rings (SSSR count). The highest BCUT2D eigenvalue weighted by Crippen LogP contribution is 2.14. The van der Waals surface area contributed by atoms with Crippen LogP contribution in [0.3, 0.4) is 0 Å². The van der Waals surface area contributed by atoms with Gasteiger partial charge in [-0.2, -0.15) is 0 Å². The molecule has 0 saturated heterocycles. The Bertz CT molecular complexity index is 543. The third-order valence-electron chi connectivity index (χ3n) is 3.13. The zero-order valence-electron chi connectivity index (χ0n) is 12.5. The summed E-state index contributed by atoms with van der Waals surface area (Å²) >= 11 is 0. The lowest BCUT2D eigenvalue weighted by atomic mass is 10.4. The Morgan fingerprint density at radius 2 is 1.81 bits per heavy atom. The zero-order valence-corrected chi connectivity index (χ0v) is 12.5. The first-order chi connectivity index (χ1) is 10.3. The number of nitrogen functional groups attached to an aromatic ring is 1. The van der Waals surface area contributed by atoms with Crippen molar-refractivity contribution in [3.63, 3.8) is 0 Å². The van der Waals surface area contributed by atoms with Crippen LogP contribution in [0.1, 0.15) is 26.2 Å². The van der Waals surface area contributed by atoms with Crippen LogP contribution in [0.4, 0.5) is 5.82 Å². The molecule has 0 aliphatic rings. The largest absolute Gasteiger partial charge is 0.382 e.